The van der Waals surface area contributed by atoms with Crippen LogP contribution in [0.25, 0.3) is 0 Å². The lowest BCUT2D eigenvalue weighted by Gasteiger charge is -2.17. The van der Waals surface area contributed by atoms with Gasteiger partial charge in [-0.15, -0.1) is 11.3 Å². The molecule has 1 amide bonds. The predicted molar refractivity (Wildman–Crippen MR) is 144 cm³/mol. The number of carbonyl (C=O) groups is 1. The van der Waals surface area contributed by atoms with E-state index < -0.39 is 11.7 Å². The van der Waals surface area contributed by atoms with Gasteiger partial charge in [0.1, 0.15) is 0 Å². The minimum Gasteiger partial charge on any atom is -0.347 e. The van der Waals surface area contributed by atoms with Gasteiger partial charge in [-0.3, -0.25) is 9.52 Å². The summed E-state index contributed by atoms with van der Waals surface area (Å²) in [5, 5.41) is 2.95. The van der Waals surface area contributed by atoms with Crippen LogP contribution in [0, 0.1) is 6.92 Å². The van der Waals surface area contributed by atoms with Crippen molar-refractivity contribution < 1.29 is 18.0 Å². The summed E-state index contributed by atoms with van der Waals surface area (Å²) < 4.78 is 42.4. The van der Waals surface area contributed by atoms with Crippen molar-refractivity contribution in [2.45, 2.75) is 50.7 Å². The van der Waals surface area contributed by atoms with Crippen LogP contribution in [0.4, 0.5) is 13.2 Å². The second kappa shape index (κ2) is 15.0. The molecule has 1 heterocycles. The molecule has 0 atom stereocenters. The van der Waals surface area contributed by atoms with Gasteiger partial charge in [-0.25, -0.2) is 0 Å². The fraction of sp³-hybridized carbons (Fsp3) is 0.370. The molecule has 0 saturated heterocycles. The maximum Gasteiger partial charge on any atom is 0.416 e. The first kappa shape index (κ1) is 29.9. The van der Waals surface area contributed by atoms with Gasteiger partial charge in [-0.1, -0.05) is 43.7 Å². The standard InChI is InChI=1S/C25H28F3N3OS2.C2H6/c1-18-4-8-20(9-5-18)24(32)29-16-22-12-13-23(33-22)34-30-14-3-15-31(2)17-19-6-10-21(11-7-19)25(26,27)28;1-2/h4-13,30H,3,14-17H2,1-2H3,(H,29,32);1-2H3. The van der Waals surface area contributed by atoms with E-state index in [1.807, 2.05) is 64.2 Å². The number of benzene rings is 2. The zero-order valence-electron chi connectivity index (χ0n) is 21.1. The van der Waals surface area contributed by atoms with E-state index in [2.05, 4.69) is 14.9 Å². The van der Waals surface area contributed by atoms with Crippen molar-refractivity contribution in [3.05, 3.63) is 87.8 Å². The summed E-state index contributed by atoms with van der Waals surface area (Å²) in [5.41, 5.74) is 2.01. The second-order valence-electron chi connectivity index (χ2n) is 8.05. The number of hydrogen-bond acceptors (Lipinski definition) is 5. The lowest BCUT2D eigenvalue weighted by atomic mass is 10.1. The molecule has 0 bridgehead atoms. The van der Waals surface area contributed by atoms with E-state index in [1.165, 1.54) is 12.1 Å². The number of nitrogens with one attached hydrogen (secondary N) is 2. The van der Waals surface area contributed by atoms with Crippen LogP contribution < -0.4 is 10.0 Å². The van der Waals surface area contributed by atoms with E-state index in [0.717, 1.165) is 51.9 Å². The summed E-state index contributed by atoms with van der Waals surface area (Å²) in [6, 6.07) is 16.9. The maximum atomic E-state index is 12.7. The molecule has 3 aromatic rings. The molecule has 1 aromatic heterocycles. The molecule has 0 unspecified atom stereocenters. The third-order valence-electron chi connectivity index (χ3n) is 5.10. The Kier molecular flexibility index (Phi) is 12.5. The number of thiophene rings is 1. The summed E-state index contributed by atoms with van der Waals surface area (Å²) in [6.07, 6.45) is -3.39. The van der Waals surface area contributed by atoms with Gasteiger partial charge in [0, 0.05) is 23.5 Å². The number of rotatable bonds is 11. The summed E-state index contributed by atoms with van der Waals surface area (Å²) in [6.45, 7) is 8.72. The van der Waals surface area contributed by atoms with Gasteiger partial charge in [0.25, 0.3) is 5.91 Å². The van der Waals surface area contributed by atoms with Crippen LogP contribution in [-0.2, 0) is 19.3 Å². The third-order valence-corrected chi connectivity index (χ3v) is 7.16. The minimum absolute atomic E-state index is 0.0823. The average molecular weight is 538 g/mol. The Morgan fingerprint density at radius 2 is 1.67 bits per heavy atom. The summed E-state index contributed by atoms with van der Waals surface area (Å²) in [5.74, 6) is -0.0823. The third kappa shape index (κ3) is 10.3. The van der Waals surface area contributed by atoms with Gasteiger partial charge in [-0.2, -0.15) is 13.2 Å². The topological polar surface area (TPSA) is 44.4 Å². The molecule has 3 rings (SSSR count). The SMILES string of the molecule is CC.Cc1ccc(C(=O)NCc2ccc(SNCCCN(C)Cc3ccc(C(F)(F)F)cc3)s2)cc1. The Morgan fingerprint density at radius 3 is 2.31 bits per heavy atom. The summed E-state index contributed by atoms with van der Waals surface area (Å²) >= 11 is 3.20. The van der Waals surface area contributed by atoms with E-state index >= 15 is 0 Å². The monoisotopic (exact) mass is 537 g/mol. The molecule has 9 heteroatoms. The van der Waals surface area contributed by atoms with Crippen LogP contribution in [0.15, 0.2) is 64.9 Å². The number of amides is 1. The van der Waals surface area contributed by atoms with E-state index in [1.54, 1.807) is 23.3 Å². The highest BCUT2D eigenvalue weighted by molar-refractivity contribution is 7.99. The van der Waals surface area contributed by atoms with Gasteiger partial charge in [-0.05, 0) is 80.8 Å². The van der Waals surface area contributed by atoms with Crippen LogP contribution in [0.1, 0.15) is 52.2 Å². The van der Waals surface area contributed by atoms with Crippen LogP contribution in [-0.4, -0.2) is 30.9 Å². The first-order chi connectivity index (χ1) is 17.2. The van der Waals surface area contributed by atoms with Crippen molar-refractivity contribution in [1.82, 2.24) is 14.9 Å². The van der Waals surface area contributed by atoms with Crippen molar-refractivity contribution >= 4 is 29.2 Å². The fourth-order valence-corrected chi connectivity index (χ4v) is 5.08. The molecule has 0 fully saturated rings. The Labute approximate surface area is 220 Å². The molecular weight excluding hydrogens is 503 g/mol. The van der Waals surface area contributed by atoms with Crippen molar-refractivity contribution in [2.24, 2.45) is 0 Å². The minimum atomic E-state index is -4.30. The highest BCUT2D eigenvalue weighted by Crippen LogP contribution is 2.29. The van der Waals surface area contributed by atoms with Gasteiger partial charge >= 0.3 is 6.18 Å². The van der Waals surface area contributed by atoms with Gasteiger partial charge in [0.05, 0.1) is 16.3 Å². The van der Waals surface area contributed by atoms with Crippen molar-refractivity contribution in [2.75, 3.05) is 20.1 Å². The van der Waals surface area contributed by atoms with E-state index in [0.29, 0.717) is 18.7 Å². The van der Waals surface area contributed by atoms with Crippen LogP contribution in [0.3, 0.4) is 0 Å². The maximum absolute atomic E-state index is 12.7. The Hall–Kier alpha value is -2.33. The molecule has 196 valence electrons. The first-order valence-electron chi connectivity index (χ1n) is 11.9. The van der Waals surface area contributed by atoms with E-state index in [-0.39, 0.29) is 5.91 Å². The molecule has 4 nitrogen and oxygen atoms in total. The second-order valence-corrected chi connectivity index (χ2v) is 10.4. The number of aryl methyl sites for hydroxylation is 1. The van der Waals surface area contributed by atoms with Gasteiger partial charge in [0.2, 0.25) is 0 Å². The quantitative estimate of drug-likeness (QED) is 0.201. The molecule has 2 N–H and O–H groups in total. The number of halogens is 3. The molecule has 0 aliphatic carbocycles. The smallest absolute Gasteiger partial charge is 0.347 e. The van der Waals surface area contributed by atoms with Gasteiger partial charge < -0.3 is 10.2 Å². The van der Waals surface area contributed by atoms with Crippen LogP contribution in [0.2, 0.25) is 0 Å². The number of hydrogen-bond donors (Lipinski definition) is 2. The molecule has 36 heavy (non-hydrogen) atoms. The zero-order chi connectivity index (χ0) is 26.6. The summed E-state index contributed by atoms with van der Waals surface area (Å²) in [7, 11) is 1.96. The Balaban J connectivity index is 0.00000222. The molecular formula is C27H34F3N3OS2. The largest absolute Gasteiger partial charge is 0.416 e. The van der Waals surface area contributed by atoms with E-state index in [9.17, 15) is 18.0 Å². The Morgan fingerprint density at radius 1 is 1.00 bits per heavy atom. The number of carbonyl (C=O) groups excluding carboxylic acids is 1. The van der Waals surface area contributed by atoms with Crippen molar-refractivity contribution in [3.63, 3.8) is 0 Å². The lowest BCUT2D eigenvalue weighted by Crippen LogP contribution is -2.22. The highest BCUT2D eigenvalue weighted by atomic mass is 32.2. The molecule has 0 radical (unpaired) electrons. The highest BCUT2D eigenvalue weighted by Gasteiger charge is 2.29. The molecule has 0 spiro atoms. The van der Waals surface area contributed by atoms with Crippen LogP contribution in [0.5, 0.6) is 0 Å². The fourth-order valence-electron chi connectivity index (χ4n) is 3.22. The average Bonchev–Trinajstić information content (AvgIpc) is 3.31. The first-order valence-corrected chi connectivity index (χ1v) is 13.5. The molecule has 0 saturated carbocycles. The van der Waals surface area contributed by atoms with E-state index in [4.69, 9.17) is 0 Å². The lowest BCUT2D eigenvalue weighted by molar-refractivity contribution is -0.137. The van der Waals surface area contributed by atoms with Crippen molar-refractivity contribution in [3.8, 4) is 0 Å². The van der Waals surface area contributed by atoms with Crippen molar-refractivity contribution in [1.29, 1.82) is 0 Å². The molecule has 2 aromatic carbocycles. The van der Waals surface area contributed by atoms with Gasteiger partial charge in [0.15, 0.2) is 0 Å². The number of alkyl halides is 3. The number of nitrogens with zero attached hydrogens (tertiary/aromatic N) is 1. The predicted octanol–water partition coefficient (Wildman–Crippen LogP) is 7.15. The normalized spacial score (nSPS) is 11.2. The van der Waals surface area contributed by atoms with Crippen LogP contribution >= 0.6 is 23.3 Å². The molecule has 0 aliphatic rings. The summed E-state index contributed by atoms with van der Waals surface area (Å²) in [4.78, 5) is 15.4. The Bertz CT molecular complexity index is 1050. The molecule has 0 aliphatic heterocycles. The zero-order valence-corrected chi connectivity index (χ0v) is 22.7.